The minimum atomic E-state index is -0.431. The van der Waals surface area contributed by atoms with Gasteiger partial charge in [-0.3, -0.25) is 4.79 Å². The van der Waals surface area contributed by atoms with E-state index in [1.807, 2.05) is 23.1 Å². The lowest BCUT2D eigenvalue weighted by Crippen LogP contribution is -2.52. The number of hydrogen-bond acceptors (Lipinski definition) is 3. The molecule has 0 saturated carbocycles. The third-order valence-electron chi connectivity index (χ3n) is 3.10. The molecule has 4 nitrogen and oxygen atoms in total. The molecule has 3 N–H and O–H groups in total. The molecule has 17 heavy (non-hydrogen) atoms. The third kappa shape index (κ3) is 2.65. The Kier molecular flexibility index (Phi) is 3.76. The first-order chi connectivity index (χ1) is 8.20. The van der Waals surface area contributed by atoms with E-state index >= 15 is 0 Å². The van der Waals surface area contributed by atoms with Crippen LogP contribution in [0, 0.1) is 0 Å². The summed E-state index contributed by atoms with van der Waals surface area (Å²) in [6, 6.07) is 9.76. The van der Waals surface area contributed by atoms with Gasteiger partial charge in [-0.2, -0.15) is 0 Å². The van der Waals surface area contributed by atoms with Crippen LogP contribution in [0.25, 0.3) is 0 Å². The molecule has 0 aromatic heterocycles. The number of amides is 1. The highest BCUT2D eigenvalue weighted by Gasteiger charge is 2.28. The Morgan fingerprint density at radius 1 is 1.47 bits per heavy atom. The summed E-state index contributed by atoms with van der Waals surface area (Å²) in [5, 5.41) is 3.32. The molecule has 1 saturated heterocycles. The second-order valence-electron chi connectivity index (χ2n) is 4.45. The van der Waals surface area contributed by atoms with Crippen LogP contribution in [0.4, 0.5) is 0 Å². The quantitative estimate of drug-likeness (QED) is 0.782. The van der Waals surface area contributed by atoms with Crippen LogP contribution in [-0.4, -0.2) is 36.5 Å². The van der Waals surface area contributed by atoms with E-state index in [-0.39, 0.29) is 11.9 Å². The number of hydrogen-bond donors (Lipinski definition) is 2. The number of nitrogens with zero attached hydrogens (tertiary/aromatic N) is 1. The molecule has 0 bridgehead atoms. The van der Waals surface area contributed by atoms with E-state index in [9.17, 15) is 4.79 Å². The molecule has 1 amide bonds. The molecule has 92 valence electrons. The van der Waals surface area contributed by atoms with Crippen LogP contribution in [0.1, 0.15) is 18.5 Å². The number of carbonyl (C=O) groups excluding carboxylic acids is 1. The third-order valence-corrected chi connectivity index (χ3v) is 3.10. The van der Waals surface area contributed by atoms with Gasteiger partial charge in [0.15, 0.2) is 0 Å². The maximum atomic E-state index is 12.1. The van der Waals surface area contributed by atoms with Gasteiger partial charge in [-0.05, 0) is 12.5 Å². The summed E-state index contributed by atoms with van der Waals surface area (Å²) in [5.74, 6) is 0.0281. The smallest absolute Gasteiger partial charge is 0.239 e. The van der Waals surface area contributed by atoms with Crippen LogP contribution in [-0.2, 0) is 4.79 Å². The van der Waals surface area contributed by atoms with Gasteiger partial charge in [0, 0.05) is 19.6 Å². The fourth-order valence-electron chi connectivity index (χ4n) is 2.20. The average molecular weight is 233 g/mol. The van der Waals surface area contributed by atoms with Crippen molar-refractivity contribution in [1.82, 2.24) is 10.2 Å². The van der Waals surface area contributed by atoms with Crippen molar-refractivity contribution in [1.29, 1.82) is 0 Å². The highest BCUT2D eigenvalue weighted by molar-refractivity contribution is 5.81. The molecule has 1 aliphatic heterocycles. The van der Waals surface area contributed by atoms with E-state index < -0.39 is 6.04 Å². The first kappa shape index (κ1) is 12.1. The molecule has 1 aliphatic rings. The van der Waals surface area contributed by atoms with Crippen molar-refractivity contribution in [3.63, 3.8) is 0 Å². The molecule has 2 rings (SSSR count). The fourth-order valence-corrected chi connectivity index (χ4v) is 2.20. The van der Waals surface area contributed by atoms with E-state index in [2.05, 4.69) is 17.4 Å². The van der Waals surface area contributed by atoms with Crippen molar-refractivity contribution in [2.45, 2.75) is 19.0 Å². The van der Waals surface area contributed by atoms with Crippen molar-refractivity contribution in [2.75, 3.05) is 19.6 Å². The first-order valence-corrected chi connectivity index (χ1v) is 6.02. The van der Waals surface area contributed by atoms with Gasteiger partial charge >= 0.3 is 0 Å². The van der Waals surface area contributed by atoms with E-state index in [1.165, 1.54) is 0 Å². The van der Waals surface area contributed by atoms with Crippen LogP contribution in [0.2, 0.25) is 0 Å². The predicted octanol–water partition coefficient (Wildman–Crippen LogP) is 0.507. The second-order valence-corrected chi connectivity index (χ2v) is 4.45. The lowest BCUT2D eigenvalue weighted by molar-refractivity contribution is -0.135. The summed E-state index contributed by atoms with van der Waals surface area (Å²) in [5.41, 5.74) is 6.86. The lowest BCUT2D eigenvalue weighted by Gasteiger charge is -2.37. The van der Waals surface area contributed by atoms with Crippen molar-refractivity contribution in [3.05, 3.63) is 35.9 Å². The number of carbonyl (C=O) groups is 1. The van der Waals surface area contributed by atoms with Gasteiger partial charge in [-0.15, -0.1) is 0 Å². The van der Waals surface area contributed by atoms with E-state index in [0.29, 0.717) is 0 Å². The van der Waals surface area contributed by atoms with Crippen molar-refractivity contribution < 1.29 is 4.79 Å². The molecule has 0 aliphatic carbocycles. The molecular formula is C13H19N3O. The van der Waals surface area contributed by atoms with Gasteiger partial charge in [0.1, 0.15) is 0 Å². The second kappa shape index (κ2) is 5.29. The van der Waals surface area contributed by atoms with Crippen LogP contribution in [0.3, 0.4) is 0 Å². The summed E-state index contributed by atoms with van der Waals surface area (Å²) in [7, 11) is 0. The number of piperazine rings is 1. The first-order valence-electron chi connectivity index (χ1n) is 6.02. The van der Waals surface area contributed by atoms with Gasteiger partial charge in [-0.1, -0.05) is 30.3 Å². The Bertz CT molecular complexity index is 378. The zero-order valence-corrected chi connectivity index (χ0v) is 10.1. The minimum Gasteiger partial charge on any atom is -0.332 e. The molecular weight excluding hydrogens is 214 g/mol. The van der Waals surface area contributed by atoms with Crippen LogP contribution in [0.5, 0.6) is 0 Å². The van der Waals surface area contributed by atoms with Gasteiger partial charge in [0.05, 0.1) is 12.1 Å². The summed E-state index contributed by atoms with van der Waals surface area (Å²) < 4.78 is 0. The van der Waals surface area contributed by atoms with Crippen molar-refractivity contribution in [3.8, 4) is 0 Å². The molecule has 0 spiro atoms. The van der Waals surface area contributed by atoms with Crippen molar-refractivity contribution in [2.24, 2.45) is 5.73 Å². The maximum Gasteiger partial charge on any atom is 0.239 e. The largest absolute Gasteiger partial charge is 0.332 e. The summed E-state index contributed by atoms with van der Waals surface area (Å²) in [6.45, 7) is 4.09. The van der Waals surface area contributed by atoms with Crippen LogP contribution < -0.4 is 11.1 Å². The van der Waals surface area contributed by atoms with Crippen molar-refractivity contribution >= 4 is 5.91 Å². The standard InChI is InChI=1S/C13H19N3O/c1-10(14)13(17)16-8-7-15-9-12(16)11-5-3-2-4-6-11/h2-6,10,12,15H,7-9,14H2,1H3. The van der Waals surface area contributed by atoms with E-state index in [1.54, 1.807) is 6.92 Å². The summed E-state index contributed by atoms with van der Waals surface area (Å²) in [6.07, 6.45) is 0. The topological polar surface area (TPSA) is 58.4 Å². The number of nitrogens with one attached hydrogen (secondary N) is 1. The van der Waals surface area contributed by atoms with E-state index in [4.69, 9.17) is 5.73 Å². The average Bonchev–Trinajstić information content (AvgIpc) is 2.39. The highest BCUT2D eigenvalue weighted by Crippen LogP contribution is 2.22. The normalized spacial score (nSPS) is 22.2. The number of rotatable bonds is 2. The Morgan fingerprint density at radius 2 is 2.18 bits per heavy atom. The molecule has 0 radical (unpaired) electrons. The van der Waals surface area contributed by atoms with E-state index in [0.717, 1.165) is 25.2 Å². The van der Waals surface area contributed by atoms with Gasteiger partial charge in [0.2, 0.25) is 5.91 Å². The highest BCUT2D eigenvalue weighted by atomic mass is 16.2. The summed E-state index contributed by atoms with van der Waals surface area (Å²) in [4.78, 5) is 13.9. The molecule has 1 heterocycles. The molecule has 1 aromatic carbocycles. The van der Waals surface area contributed by atoms with Crippen LogP contribution >= 0.6 is 0 Å². The Balaban J connectivity index is 2.21. The van der Waals surface area contributed by atoms with Gasteiger partial charge < -0.3 is 16.0 Å². The molecule has 2 unspecified atom stereocenters. The van der Waals surface area contributed by atoms with Gasteiger partial charge in [-0.25, -0.2) is 0 Å². The zero-order valence-electron chi connectivity index (χ0n) is 10.1. The minimum absolute atomic E-state index is 0.0281. The Morgan fingerprint density at radius 3 is 2.82 bits per heavy atom. The van der Waals surface area contributed by atoms with Gasteiger partial charge in [0.25, 0.3) is 0 Å². The maximum absolute atomic E-state index is 12.1. The number of nitrogens with two attached hydrogens (primary N) is 1. The zero-order chi connectivity index (χ0) is 12.3. The molecule has 2 atom stereocenters. The van der Waals surface area contributed by atoms with Crippen LogP contribution in [0.15, 0.2) is 30.3 Å². The fraction of sp³-hybridized carbons (Fsp3) is 0.462. The SMILES string of the molecule is CC(N)C(=O)N1CCNCC1c1ccccc1. The monoisotopic (exact) mass is 233 g/mol. The lowest BCUT2D eigenvalue weighted by atomic mass is 10.0. The molecule has 4 heteroatoms. The Labute approximate surface area is 102 Å². The molecule has 1 fully saturated rings. The molecule has 1 aromatic rings. The predicted molar refractivity (Wildman–Crippen MR) is 67.4 cm³/mol. The Hall–Kier alpha value is -1.39. The number of benzene rings is 1. The summed E-state index contributed by atoms with van der Waals surface area (Å²) >= 11 is 0.